The van der Waals surface area contributed by atoms with Gasteiger partial charge < -0.3 is 24.1 Å². The van der Waals surface area contributed by atoms with Gasteiger partial charge in [0.2, 0.25) is 0 Å². The van der Waals surface area contributed by atoms with Crippen LogP contribution in [0.25, 0.3) is 0 Å². The van der Waals surface area contributed by atoms with Crippen LogP contribution in [0.15, 0.2) is 0 Å². The lowest BCUT2D eigenvalue weighted by Gasteiger charge is -2.40. The Balaban J connectivity index is 2.57. The summed E-state index contributed by atoms with van der Waals surface area (Å²) in [6, 6.07) is 0. The van der Waals surface area contributed by atoms with Crippen LogP contribution in [0.1, 0.15) is 61.3 Å². The molecule has 0 saturated carbocycles. The second-order valence-electron chi connectivity index (χ2n) is 9.58. The predicted molar refractivity (Wildman–Crippen MR) is 113 cm³/mol. The van der Waals surface area contributed by atoms with Crippen molar-refractivity contribution in [3.63, 3.8) is 0 Å². The Hall–Kier alpha value is -2.00. The number of esters is 1. The molecule has 0 aliphatic carbocycles. The quantitative estimate of drug-likeness (QED) is 0.492. The molecule has 0 bridgehead atoms. The molecule has 2 rings (SSSR count). The van der Waals surface area contributed by atoms with E-state index in [9.17, 15) is 24.3 Å². The van der Waals surface area contributed by atoms with Crippen molar-refractivity contribution in [3.8, 4) is 0 Å². The van der Waals surface area contributed by atoms with Gasteiger partial charge in [0.15, 0.2) is 17.5 Å². The molecule has 2 aliphatic heterocycles. The molecular weight excluding hydrogens is 420 g/mol. The van der Waals surface area contributed by atoms with Crippen molar-refractivity contribution in [2.45, 2.75) is 90.8 Å². The van der Waals surface area contributed by atoms with Crippen molar-refractivity contribution >= 4 is 23.7 Å². The molecule has 0 unspecified atom stereocenters. The Kier molecular flexibility index (Phi) is 7.77. The molecular formula is C23H36O9. The normalized spacial score (nSPS) is 44.2. The van der Waals surface area contributed by atoms with E-state index in [0.29, 0.717) is 0 Å². The fourth-order valence-corrected chi connectivity index (χ4v) is 5.00. The highest BCUT2D eigenvalue weighted by Crippen LogP contribution is 2.40. The van der Waals surface area contributed by atoms with Gasteiger partial charge in [0.1, 0.15) is 17.8 Å². The van der Waals surface area contributed by atoms with Gasteiger partial charge in [-0.25, -0.2) is 4.79 Å². The molecule has 0 amide bonds. The van der Waals surface area contributed by atoms with Gasteiger partial charge in [0, 0.05) is 18.9 Å². The van der Waals surface area contributed by atoms with E-state index in [4.69, 9.17) is 18.9 Å². The molecule has 0 spiro atoms. The first-order chi connectivity index (χ1) is 14.7. The van der Waals surface area contributed by atoms with Gasteiger partial charge in [-0.15, -0.1) is 0 Å². The van der Waals surface area contributed by atoms with E-state index >= 15 is 0 Å². The van der Waals surface area contributed by atoms with Gasteiger partial charge in [-0.3, -0.25) is 14.4 Å². The fraction of sp³-hybridized carbons (Fsp3) is 0.826. The van der Waals surface area contributed by atoms with Gasteiger partial charge in [0.25, 0.3) is 0 Å². The van der Waals surface area contributed by atoms with Crippen molar-refractivity contribution in [2.24, 2.45) is 23.7 Å². The highest BCUT2D eigenvalue weighted by atomic mass is 16.8. The minimum absolute atomic E-state index is 0.125. The number of Topliss-reactive ketones (excluding diaryl/α,β-unsaturated/α-hetero) is 2. The molecule has 0 aromatic rings. The third kappa shape index (κ3) is 4.55. The first-order valence-electron chi connectivity index (χ1n) is 11.1. The Morgan fingerprint density at radius 2 is 1.59 bits per heavy atom. The van der Waals surface area contributed by atoms with E-state index in [2.05, 4.69) is 0 Å². The van der Waals surface area contributed by atoms with Crippen LogP contribution >= 0.6 is 0 Å². The lowest BCUT2D eigenvalue weighted by molar-refractivity contribution is -0.175. The zero-order valence-electron chi connectivity index (χ0n) is 20.2. The number of aliphatic hydroxyl groups excluding tert-OH is 1. The van der Waals surface area contributed by atoms with Crippen molar-refractivity contribution in [3.05, 3.63) is 0 Å². The molecule has 0 aromatic carbocycles. The van der Waals surface area contributed by atoms with Crippen LogP contribution in [0.3, 0.4) is 0 Å². The van der Waals surface area contributed by atoms with Crippen LogP contribution in [0.2, 0.25) is 0 Å². The summed E-state index contributed by atoms with van der Waals surface area (Å²) in [5.41, 5.74) is -2.63. The summed E-state index contributed by atoms with van der Waals surface area (Å²) in [5.74, 6) is -4.99. The maximum Gasteiger partial charge on any atom is 0.509 e. The largest absolute Gasteiger partial charge is 0.509 e. The molecule has 2 fully saturated rings. The van der Waals surface area contributed by atoms with Crippen LogP contribution in [-0.4, -0.2) is 65.4 Å². The summed E-state index contributed by atoms with van der Waals surface area (Å²) < 4.78 is 22.0. The minimum Gasteiger partial charge on any atom is -0.457 e. The van der Waals surface area contributed by atoms with Crippen molar-refractivity contribution in [1.82, 2.24) is 0 Å². The molecule has 1 N–H and O–H groups in total. The first-order valence-corrected chi connectivity index (χ1v) is 11.1. The van der Waals surface area contributed by atoms with Crippen LogP contribution in [0, 0.1) is 23.7 Å². The molecule has 0 radical (unpaired) electrons. The molecule has 0 aromatic heterocycles. The Labute approximate surface area is 189 Å². The number of hydrogen-bond acceptors (Lipinski definition) is 9. The van der Waals surface area contributed by atoms with E-state index in [-0.39, 0.29) is 18.6 Å². The summed E-state index contributed by atoms with van der Waals surface area (Å²) in [7, 11) is 1.40. The Morgan fingerprint density at radius 3 is 2.12 bits per heavy atom. The number of methoxy groups -OCH3 is 1. The maximum atomic E-state index is 13.3. The van der Waals surface area contributed by atoms with Crippen LogP contribution < -0.4 is 0 Å². The molecule has 2 saturated heterocycles. The Morgan fingerprint density at radius 1 is 1.00 bits per heavy atom. The Bertz CT molecular complexity index is 765. The number of carbonyl (C=O) groups is 4. The van der Waals surface area contributed by atoms with Crippen molar-refractivity contribution in [1.29, 1.82) is 0 Å². The summed E-state index contributed by atoms with van der Waals surface area (Å²) in [5, 5.41) is 11.0. The summed E-state index contributed by atoms with van der Waals surface area (Å²) in [6.45, 7) is 11.2. The van der Waals surface area contributed by atoms with E-state index < -0.39 is 71.1 Å². The maximum absolute atomic E-state index is 13.3. The third-order valence-corrected chi connectivity index (χ3v) is 7.25. The molecule has 2 aliphatic rings. The van der Waals surface area contributed by atoms with Gasteiger partial charge in [-0.1, -0.05) is 27.7 Å². The number of ketones is 2. The summed E-state index contributed by atoms with van der Waals surface area (Å²) >= 11 is 0. The average molecular weight is 457 g/mol. The lowest BCUT2D eigenvalue weighted by atomic mass is 9.74. The van der Waals surface area contributed by atoms with E-state index in [1.54, 1.807) is 34.6 Å². The van der Waals surface area contributed by atoms with E-state index in [1.807, 2.05) is 0 Å². The topological polar surface area (TPSA) is 125 Å². The summed E-state index contributed by atoms with van der Waals surface area (Å²) in [6.07, 6.45) is -3.73. The second kappa shape index (κ2) is 9.47. The minimum atomic E-state index is -1.40. The number of ether oxygens (including phenoxy) is 4. The van der Waals surface area contributed by atoms with Gasteiger partial charge in [-0.2, -0.15) is 0 Å². The van der Waals surface area contributed by atoms with Crippen molar-refractivity contribution < 1.29 is 43.2 Å². The fourth-order valence-electron chi connectivity index (χ4n) is 5.00. The van der Waals surface area contributed by atoms with Gasteiger partial charge in [-0.05, 0) is 33.6 Å². The molecule has 9 nitrogen and oxygen atoms in total. The molecule has 2 heterocycles. The van der Waals surface area contributed by atoms with Crippen LogP contribution in [0.5, 0.6) is 0 Å². The van der Waals surface area contributed by atoms with E-state index in [0.717, 1.165) is 0 Å². The number of cyclic esters (lactones) is 1. The van der Waals surface area contributed by atoms with Crippen molar-refractivity contribution in [2.75, 3.05) is 7.11 Å². The standard InChI is InChI=1S/C23H36O9/c1-9-15-23(7)19(31-21(28)32-23)13(4)16(24)11(2)10-22(6,29-8)18(26)12(3)17(25)14(5)20(27)30-15/h11-15,18-19,26H,9-10H2,1-8H3/t11-,12+,13+,14-,15-,18-,19-,22+,23-/m1/s1. The van der Waals surface area contributed by atoms with Crippen LogP contribution in [-0.2, 0) is 33.3 Å². The highest BCUT2D eigenvalue weighted by molar-refractivity contribution is 6.00. The number of rotatable bonds is 2. The smallest absolute Gasteiger partial charge is 0.457 e. The molecule has 182 valence electrons. The lowest BCUT2D eigenvalue weighted by Crippen LogP contribution is -2.55. The van der Waals surface area contributed by atoms with Crippen LogP contribution in [0.4, 0.5) is 4.79 Å². The molecule has 9 heteroatoms. The first kappa shape index (κ1) is 26.3. The molecule has 9 atom stereocenters. The number of hydrogen-bond donors (Lipinski definition) is 1. The third-order valence-electron chi connectivity index (χ3n) is 7.25. The van der Waals surface area contributed by atoms with Gasteiger partial charge >= 0.3 is 12.1 Å². The highest BCUT2D eigenvalue weighted by Gasteiger charge is 2.58. The monoisotopic (exact) mass is 456 g/mol. The van der Waals surface area contributed by atoms with Gasteiger partial charge in [0.05, 0.1) is 17.6 Å². The number of carbonyl (C=O) groups excluding carboxylic acids is 4. The number of fused-ring (bicyclic) bond motifs is 1. The predicted octanol–water partition coefficient (Wildman–Crippen LogP) is 2.45. The second-order valence-corrected chi connectivity index (χ2v) is 9.58. The average Bonchev–Trinajstić information content (AvgIpc) is 3.07. The number of aliphatic hydroxyl groups is 1. The summed E-state index contributed by atoms with van der Waals surface area (Å²) in [4.78, 5) is 51.2. The molecule has 32 heavy (non-hydrogen) atoms. The SMILES string of the molecule is CC[C@H]1OC(=O)[C@H](C)C(=O)[C@H](C)[C@@H](O)[C@@](C)(OC)C[C@@H](C)C(=O)[C@H](C)[C@H]2OC(=O)O[C@@]21C. The zero-order chi connectivity index (χ0) is 24.6. The van der Waals surface area contributed by atoms with E-state index in [1.165, 1.54) is 21.0 Å². The zero-order valence-corrected chi connectivity index (χ0v) is 20.2.